The summed E-state index contributed by atoms with van der Waals surface area (Å²) in [6, 6.07) is -0.337. The number of aliphatic imine (C=N–C) groups is 1. The Kier molecular flexibility index (Phi) is 4.85. The molecule has 0 aromatic rings. The van der Waals surface area contributed by atoms with Gasteiger partial charge < -0.3 is 25.4 Å². The summed E-state index contributed by atoms with van der Waals surface area (Å²) in [6.45, 7) is 2.71. The smallest absolute Gasteiger partial charge is 0.159 e. The highest BCUT2D eigenvalue weighted by Crippen LogP contribution is 2.34. The minimum Gasteiger partial charge on any atom is -0.396 e. The maximum absolute atomic E-state index is 10.0. The van der Waals surface area contributed by atoms with Gasteiger partial charge in [-0.05, 0) is 12.8 Å². The van der Waals surface area contributed by atoms with Crippen molar-refractivity contribution in [1.29, 1.82) is 0 Å². The molecule has 0 unspecified atom stereocenters. The van der Waals surface area contributed by atoms with Gasteiger partial charge in [0.1, 0.15) is 17.6 Å². The summed E-state index contributed by atoms with van der Waals surface area (Å²) in [5, 5.41) is 32.7. The molecule has 5 atom stereocenters. The average Bonchev–Trinajstić information content (AvgIpc) is 2.76. The lowest BCUT2D eigenvalue weighted by Crippen LogP contribution is -2.58. The SMILES string of the molecule is CCCN=C1N[C@@H]2[C@@H](O)[C@H](O)[C@H](CCO)O[C@@H]2S1. The molecule has 0 saturated carbocycles. The van der Waals surface area contributed by atoms with Gasteiger partial charge in [0.25, 0.3) is 0 Å². The number of rotatable bonds is 4. The Morgan fingerprint density at radius 3 is 2.83 bits per heavy atom. The second kappa shape index (κ2) is 6.21. The molecule has 4 N–H and O–H groups in total. The summed E-state index contributed by atoms with van der Waals surface area (Å²) in [5.74, 6) is 0. The number of aliphatic hydroxyl groups is 3. The molecule has 2 rings (SSSR count). The van der Waals surface area contributed by atoms with Gasteiger partial charge in [-0.2, -0.15) is 0 Å². The highest BCUT2D eigenvalue weighted by atomic mass is 32.2. The van der Waals surface area contributed by atoms with Gasteiger partial charge in [-0.25, -0.2) is 0 Å². The van der Waals surface area contributed by atoms with Crippen molar-refractivity contribution in [2.45, 2.75) is 49.6 Å². The maximum Gasteiger partial charge on any atom is 0.159 e. The monoisotopic (exact) mass is 276 g/mol. The van der Waals surface area contributed by atoms with Crippen LogP contribution in [0.2, 0.25) is 0 Å². The van der Waals surface area contributed by atoms with Crippen LogP contribution in [0, 0.1) is 0 Å². The third-order valence-corrected chi connectivity index (χ3v) is 4.22. The van der Waals surface area contributed by atoms with E-state index in [0.29, 0.717) is 6.42 Å². The fraction of sp³-hybridized carbons (Fsp3) is 0.909. The van der Waals surface area contributed by atoms with Crippen LogP contribution >= 0.6 is 11.8 Å². The van der Waals surface area contributed by atoms with Crippen molar-refractivity contribution < 1.29 is 20.1 Å². The number of hydrogen-bond donors (Lipinski definition) is 4. The Bertz CT molecular complexity index is 315. The second-order valence-corrected chi connectivity index (χ2v) is 5.60. The quantitative estimate of drug-likeness (QED) is 0.542. The van der Waals surface area contributed by atoms with Crippen molar-refractivity contribution in [3.8, 4) is 0 Å². The van der Waals surface area contributed by atoms with E-state index in [-0.39, 0.29) is 18.1 Å². The molecule has 0 radical (unpaired) electrons. The molecule has 2 heterocycles. The predicted octanol–water partition coefficient (Wildman–Crippen LogP) is -0.714. The van der Waals surface area contributed by atoms with Crippen LogP contribution in [0.5, 0.6) is 0 Å². The lowest BCUT2D eigenvalue weighted by atomic mass is 9.96. The molecule has 7 heteroatoms. The highest BCUT2D eigenvalue weighted by Gasteiger charge is 2.48. The van der Waals surface area contributed by atoms with Crippen LogP contribution in [0.25, 0.3) is 0 Å². The Morgan fingerprint density at radius 2 is 2.17 bits per heavy atom. The molecule has 2 fully saturated rings. The van der Waals surface area contributed by atoms with Crippen molar-refractivity contribution in [2.24, 2.45) is 4.99 Å². The lowest BCUT2D eigenvalue weighted by Gasteiger charge is -2.38. The van der Waals surface area contributed by atoms with Gasteiger partial charge in [0.15, 0.2) is 5.17 Å². The Balaban J connectivity index is 2.02. The molecule has 18 heavy (non-hydrogen) atoms. The Labute approximate surface area is 110 Å². The first-order chi connectivity index (χ1) is 8.67. The van der Waals surface area contributed by atoms with Crippen molar-refractivity contribution in [3.63, 3.8) is 0 Å². The largest absolute Gasteiger partial charge is 0.396 e. The van der Waals surface area contributed by atoms with Crippen molar-refractivity contribution in [1.82, 2.24) is 5.32 Å². The van der Waals surface area contributed by atoms with E-state index in [1.165, 1.54) is 11.8 Å². The van der Waals surface area contributed by atoms with E-state index in [0.717, 1.165) is 18.1 Å². The molecular weight excluding hydrogens is 256 g/mol. The Hall–Kier alpha value is -0.340. The summed E-state index contributed by atoms with van der Waals surface area (Å²) in [6.07, 6.45) is -1.12. The van der Waals surface area contributed by atoms with E-state index in [1.807, 2.05) is 6.92 Å². The van der Waals surface area contributed by atoms with E-state index in [2.05, 4.69) is 10.3 Å². The molecule has 2 aliphatic rings. The molecule has 0 aromatic carbocycles. The molecule has 2 aliphatic heterocycles. The number of ether oxygens (including phenoxy) is 1. The van der Waals surface area contributed by atoms with Gasteiger partial charge in [-0.15, -0.1) is 0 Å². The molecule has 0 amide bonds. The van der Waals surface area contributed by atoms with Gasteiger partial charge in [0.2, 0.25) is 0 Å². The first-order valence-corrected chi connectivity index (χ1v) is 7.15. The zero-order chi connectivity index (χ0) is 13.1. The van der Waals surface area contributed by atoms with E-state index < -0.39 is 18.3 Å². The van der Waals surface area contributed by atoms with Crippen LogP contribution in [0.3, 0.4) is 0 Å². The number of amidine groups is 1. The third kappa shape index (κ3) is 2.80. The van der Waals surface area contributed by atoms with E-state index >= 15 is 0 Å². The summed E-state index contributed by atoms with van der Waals surface area (Å²) in [4.78, 5) is 4.34. The van der Waals surface area contributed by atoms with Gasteiger partial charge in [-0.3, -0.25) is 4.99 Å². The minimum atomic E-state index is -0.975. The fourth-order valence-corrected chi connectivity index (χ4v) is 3.30. The zero-order valence-electron chi connectivity index (χ0n) is 10.3. The van der Waals surface area contributed by atoms with Crippen LogP contribution in [0.1, 0.15) is 19.8 Å². The molecular formula is C11H20N2O4S. The fourth-order valence-electron chi connectivity index (χ4n) is 2.13. The van der Waals surface area contributed by atoms with Crippen LogP contribution in [0.4, 0.5) is 0 Å². The van der Waals surface area contributed by atoms with Crippen LogP contribution in [-0.4, -0.2) is 63.4 Å². The summed E-state index contributed by atoms with van der Waals surface area (Å²) in [7, 11) is 0. The predicted molar refractivity (Wildman–Crippen MR) is 69.5 cm³/mol. The van der Waals surface area contributed by atoms with Crippen LogP contribution < -0.4 is 5.32 Å². The third-order valence-electron chi connectivity index (χ3n) is 3.11. The number of fused-ring (bicyclic) bond motifs is 1. The van der Waals surface area contributed by atoms with Gasteiger partial charge >= 0.3 is 0 Å². The number of hydrogen-bond acceptors (Lipinski definition) is 6. The standard InChI is InChI=1S/C11H20N2O4S/c1-2-4-12-11-13-7-9(16)8(15)6(3-5-14)17-10(7)18-11/h6-10,14-16H,2-5H2,1H3,(H,12,13)/t6-,7+,8+,9+,10+/m0/s1. The Morgan fingerprint density at radius 1 is 1.39 bits per heavy atom. The molecule has 0 bridgehead atoms. The number of thioether (sulfide) groups is 1. The zero-order valence-corrected chi connectivity index (χ0v) is 11.1. The minimum absolute atomic E-state index is 0.0687. The van der Waals surface area contributed by atoms with Crippen molar-refractivity contribution in [3.05, 3.63) is 0 Å². The van der Waals surface area contributed by atoms with Crippen LogP contribution in [-0.2, 0) is 4.74 Å². The topological polar surface area (TPSA) is 94.3 Å². The van der Waals surface area contributed by atoms with Crippen molar-refractivity contribution in [2.75, 3.05) is 13.2 Å². The van der Waals surface area contributed by atoms with Crippen molar-refractivity contribution >= 4 is 16.9 Å². The highest BCUT2D eigenvalue weighted by molar-refractivity contribution is 8.14. The molecule has 0 aromatic heterocycles. The number of aliphatic hydroxyl groups excluding tert-OH is 3. The van der Waals surface area contributed by atoms with Gasteiger partial charge in [-0.1, -0.05) is 18.7 Å². The van der Waals surface area contributed by atoms with Crippen LogP contribution in [0.15, 0.2) is 4.99 Å². The average molecular weight is 276 g/mol. The normalized spacial score (nSPS) is 41.8. The first-order valence-electron chi connectivity index (χ1n) is 6.27. The summed E-state index contributed by atoms with van der Waals surface area (Å²) >= 11 is 1.43. The molecule has 6 nitrogen and oxygen atoms in total. The number of nitrogens with one attached hydrogen (secondary N) is 1. The molecule has 2 saturated heterocycles. The lowest BCUT2D eigenvalue weighted by molar-refractivity contribution is -0.160. The van der Waals surface area contributed by atoms with Gasteiger partial charge in [0.05, 0.1) is 12.1 Å². The maximum atomic E-state index is 10.0. The first kappa shape index (κ1) is 14.1. The molecule has 0 spiro atoms. The molecule has 104 valence electrons. The second-order valence-electron chi connectivity index (χ2n) is 4.51. The molecule has 0 aliphatic carbocycles. The van der Waals surface area contributed by atoms with E-state index in [1.54, 1.807) is 0 Å². The number of nitrogens with zero attached hydrogens (tertiary/aromatic N) is 1. The summed E-state index contributed by atoms with van der Waals surface area (Å²) in [5.41, 5.74) is -0.254. The van der Waals surface area contributed by atoms with E-state index in [4.69, 9.17) is 9.84 Å². The van der Waals surface area contributed by atoms with E-state index in [9.17, 15) is 10.2 Å². The summed E-state index contributed by atoms with van der Waals surface area (Å²) < 4.78 is 5.69. The van der Waals surface area contributed by atoms with Gasteiger partial charge in [0, 0.05) is 13.2 Å².